The van der Waals surface area contributed by atoms with Crippen LogP contribution in [-0.2, 0) is 9.57 Å². The molecular weight excluding hydrogens is 166 g/mol. The molecule has 0 aromatic carbocycles. The topological polar surface area (TPSA) is 30.8 Å². The Labute approximate surface area is 78.1 Å². The first kappa shape index (κ1) is 7.80. The minimum atomic E-state index is 0.487. The van der Waals surface area contributed by atoms with Gasteiger partial charge in [0.1, 0.15) is 6.61 Å². The van der Waals surface area contributed by atoms with Crippen molar-refractivity contribution in [3.63, 3.8) is 0 Å². The van der Waals surface area contributed by atoms with Crippen molar-refractivity contribution < 1.29 is 9.57 Å². The number of fused-ring (bicyclic) bond motifs is 1. The molecule has 0 aromatic heterocycles. The molecule has 3 nitrogen and oxygen atoms in total. The van der Waals surface area contributed by atoms with Crippen LogP contribution in [-0.4, -0.2) is 25.0 Å². The lowest BCUT2D eigenvalue weighted by atomic mass is 9.92. The number of rotatable bonds is 1. The van der Waals surface area contributed by atoms with E-state index >= 15 is 0 Å². The highest BCUT2D eigenvalue weighted by Gasteiger charge is 2.44. The Bertz CT molecular complexity index is 251. The molecule has 2 heterocycles. The first-order chi connectivity index (χ1) is 6.34. The zero-order valence-corrected chi connectivity index (χ0v) is 7.90. The summed E-state index contributed by atoms with van der Waals surface area (Å²) in [6, 6.07) is 0. The molecule has 0 amide bonds. The maximum absolute atomic E-state index is 5.78. The maximum atomic E-state index is 5.78. The van der Waals surface area contributed by atoms with Gasteiger partial charge in [-0.3, -0.25) is 0 Å². The van der Waals surface area contributed by atoms with E-state index in [2.05, 4.69) is 12.1 Å². The minimum absolute atomic E-state index is 0.487. The summed E-state index contributed by atoms with van der Waals surface area (Å²) >= 11 is 0. The molecular formula is C10H15NO2. The second-order valence-electron chi connectivity index (χ2n) is 4.54. The molecule has 3 heteroatoms. The van der Waals surface area contributed by atoms with Crippen LogP contribution in [0.3, 0.4) is 0 Å². The van der Waals surface area contributed by atoms with E-state index in [1.165, 1.54) is 6.42 Å². The van der Waals surface area contributed by atoms with Crippen molar-refractivity contribution in [1.29, 1.82) is 0 Å². The van der Waals surface area contributed by atoms with Gasteiger partial charge in [-0.25, -0.2) is 0 Å². The molecule has 0 bridgehead atoms. The van der Waals surface area contributed by atoms with Crippen molar-refractivity contribution in [3.8, 4) is 0 Å². The number of hydrogen-bond donors (Lipinski definition) is 0. The largest absolute Gasteiger partial charge is 0.395 e. The molecule has 2 aliphatic heterocycles. The van der Waals surface area contributed by atoms with Gasteiger partial charge in [-0.2, -0.15) is 0 Å². The second kappa shape index (κ2) is 2.71. The first-order valence-corrected chi connectivity index (χ1v) is 5.15. The van der Waals surface area contributed by atoms with Crippen LogP contribution in [0.15, 0.2) is 5.16 Å². The molecule has 4 atom stereocenters. The quantitative estimate of drug-likeness (QED) is 0.612. The predicted octanol–water partition coefficient (Wildman–Crippen LogP) is 1.43. The summed E-state index contributed by atoms with van der Waals surface area (Å²) in [4.78, 5) is 5.07. The fraction of sp³-hybridized carbons (Fsp3) is 0.900. The average molecular weight is 181 g/mol. The van der Waals surface area contributed by atoms with Crippen LogP contribution in [0.1, 0.15) is 19.8 Å². The normalized spacial score (nSPS) is 47.9. The van der Waals surface area contributed by atoms with Crippen LogP contribution in [0.2, 0.25) is 0 Å². The molecule has 1 saturated carbocycles. The number of ether oxygens (including phenoxy) is 1. The Morgan fingerprint density at radius 1 is 1.38 bits per heavy atom. The van der Waals surface area contributed by atoms with Gasteiger partial charge in [0.15, 0.2) is 0 Å². The Morgan fingerprint density at radius 3 is 3.00 bits per heavy atom. The van der Waals surface area contributed by atoms with Crippen LogP contribution in [0.5, 0.6) is 0 Å². The van der Waals surface area contributed by atoms with Gasteiger partial charge < -0.3 is 9.57 Å². The van der Waals surface area contributed by atoms with E-state index in [4.69, 9.17) is 9.57 Å². The van der Waals surface area contributed by atoms with E-state index in [1.807, 2.05) is 0 Å². The van der Waals surface area contributed by atoms with Crippen molar-refractivity contribution in [3.05, 3.63) is 0 Å². The zero-order chi connectivity index (χ0) is 8.84. The van der Waals surface area contributed by atoms with Crippen molar-refractivity contribution in [2.75, 3.05) is 13.2 Å². The van der Waals surface area contributed by atoms with Gasteiger partial charge in [0, 0.05) is 5.92 Å². The third-order valence-corrected chi connectivity index (χ3v) is 3.54. The van der Waals surface area contributed by atoms with Crippen LogP contribution >= 0.6 is 0 Å². The Kier molecular flexibility index (Phi) is 1.62. The molecule has 3 aliphatic rings. The van der Waals surface area contributed by atoms with Gasteiger partial charge in [0.25, 0.3) is 0 Å². The highest BCUT2D eigenvalue weighted by Crippen LogP contribution is 2.45. The fourth-order valence-electron chi connectivity index (χ4n) is 2.44. The van der Waals surface area contributed by atoms with Gasteiger partial charge in [-0.1, -0.05) is 12.1 Å². The molecule has 2 fully saturated rings. The lowest BCUT2D eigenvalue weighted by Crippen LogP contribution is -2.34. The van der Waals surface area contributed by atoms with E-state index in [1.54, 1.807) is 0 Å². The predicted molar refractivity (Wildman–Crippen MR) is 48.5 cm³/mol. The first-order valence-electron chi connectivity index (χ1n) is 5.15. The Morgan fingerprint density at radius 2 is 2.23 bits per heavy atom. The van der Waals surface area contributed by atoms with E-state index in [0.29, 0.717) is 18.6 Å². The molecule has 0 aromatic rings. The molecule has 0 radical (unpaired) electrons. The van der Waals surface area contributed by atoms with Gasteiger partial charge in [-0.15, -0.1) is 0 Å². The van der Waals surface area contributed by atoms with Crippen LogP contribution in [0, 0.1) is 17.8 Å². The maximum Gasteiger partial charge on any atom is 0.125 e. The third kappa shape index (κ3) is 1.26. The van der Waals surface area contributed by atoms with E-state index in [-0.39, 0.29) is 0 Å². The second-order valence-corrected chi connectivity index (χ2v) is 4.54. The number of hydrogen-bond acceptors (Lipinski definition) is 3. The monoisotopic (exact) mass is 181 g/mol. The molecule has 2 unspecified atom stereocenters. The van der Waals surface area contributed by atoms with Crippen LogP contribution in [0.4, 0.5) is 0 Å². The zero-order valence-electron chi connectivity index (χ0n) is 7.90. The SMILES string of the molecule is C[C@@H]1C[C@H]1C1CC2CON=C2CO1. The summed E-state index contributed by atoms with van der Waals surface area (Å²) in [7, 11) is 0. The summed E-state index contributed by atoms with van der Waals surface area (Å²) in [5, 5.41) is 3.98. The number of oxime groups is 1. The average Bonchev–Trinajstić information content (AvgIpc) is 2.70. The van der Waals surface area contributed by atoms with Crippen molar-refractivity contribution >= 4 is 5.71 Å². The molecule has 72 valence electrons. The summed E-state index contributed by atoms with van der Waals surface area (Å²) < 4.78 is 5.78. The minimum Gasteiger partial charge on any atom is -0.395 e. The molecule has 13 heavy (non-hydrogen) atoms. The van der Waals surface area contributed by atoms with Crippen LogP contribution < -0.4 is 0 Å². The Balaban J connectivity index is 1.66. The Hall–Kier alpha value is -0.570. The highest BCUT2D eigenvalue weighted by molar-refractivity contribution is 5.89. The molecule has 3 rings (SSSR count). The number of nitrogens with zero attached hydrogens (tertiary/aromatic N) is 1. The lowest BCUT2D eigenvalue weighted by Gasteiger charge is -2.26. The van der Waals surface area contributed by atoms with E-state index in [0.717, 1.165) is 30.6 Å². The smallest absolute Gasteiger partial charge is 0.125 e. The van der Waals surface area contributed by atoms with Gasteiger partial charge in [0.2, 0.25) is 0 Å². The van der Waals surface area contributed by atoms with E-state index in [9.17, 15) is 0 Å². The summed E-state index contributed by atoms with van der Waals surface area (Å²) in [6.45, 7) is 3.80. The lowest BCUT2D eigenvalue weighted by molar-refractivity contribution is 0.0267. The van der Waals surface area contributed by atoms with Gasteiger partial charge in [0.05, 0.1) is 18.4 Å². The van der Waals surface area contributed by atoms with Crippen molar-refractivity contribution in [1.82, 2.24) is 0 Å². The fourth-order valence-corrected chi connectivity index (χ4v) is 2.44. The highest BCUT2D eigenvalue weighted by atomic mass is 16.6. The molecule has 1 aliphatic carbocycles. The third-order valence-electron chi connectivity index (χ3n) is 3.54. The van der Waals surface area contributed by atoms with Crippen molar-refractivity contribution in [2.45, 2.75) is 25.9 Å². The van der Waals surface area contributed by atoms with Crippen molar-refractivity contribution in [2.24, 2.45) is 22.9 Å². The van der Waals surface area contributed by atoms with Gasteiger partial charge >= 0.3 is 0 Å². The van der Waals surface area contributed by atoms with E-state index < -0.39 is 0 Å². The summed E-state index contributed by atoms with van der Waals surface area (Å²) in [5.41, 5.74) is 1.13. The standard InChI is InChI=1S/C10H15NO2/c1-6-2-8(6)10-3-7-4-13-11-9(7)5-12-10/h6-8,10H,2-5H2,1H3/t6-,7?,8-,10?/m1/s1. The molecule has 1 saturated heterocycles. The van der Waals surface area contributed by atoms with Crippen LogP contribution in [0.25, 0.3) is 0 Å². The molecule has 0 spiro atoms. The summed E-state index contributed by atoms with van der Waals surface area (Å²) in [6.07, 6.45) is 2.97. The summed E-state index contributed by atoms with van der Waals surface area (Å²) in [5.74, 6) is 2.26. The molecule has 0 N–H and O–H groups in total. The van der Waals surface area contributed by atoms with Gasteiger partial charge in [-0.05, 0) is 24.7 Å².